The molecule has 1 nitrogen and oxygen atoms in total. The van der Waals surface area contributed by atoms with Crippen LogP contribution in [-0.4, -0.2) is 13.6 Å². The van der Waals surface area contributed by atoms with Gasteiger partial charge >= 0.3 is 0 Å². The van der Waals surface area contributed by atoms with E-state index in [4.69, 9.17) is 0 Å². The molecule has 0 bridgehead atoms. The zero-order valence-corrected chi connectivity index (χ0v) is 9.27. The van der Waals surface area contributed by atoms with Crippen LogP contribution in [0.4, 0.5) is 5.69 Å². The van der Waals surface area contributed by atoms with Crippen LogP contribution in [0.5, 0.6) is 0 Å². The predicted octanol–water partition coefficient (Wildman–Crippen LogP) is 3.17. The summed E-state index contributed by atoms with van der Waals surface area (Å²) in [6, 6.07) is 8.53. The molecule has 0 spiro atoms. The van der Waals surface area contributed by atoms with Gasteiger partial charge in [0.15, 0.2) is 0 Å². The summed E-state index contributed by atoms with van der Waals surface area (Å²) in [4.78, 5) is 2.29. The maximum absolute atomic E-state index is 3.19. The molecule has 1 aromatic rings. The second kappa shape index (κ2) is 3.55. The van der Waals surface area contributed by atoms with Crippen molar-refractivity contribution in [2.24, 2.45) is 0 Å². The molecular weight excluding hydrogens is 194 g/mol. The van der Waals surface area contributed by atoms with Crippen LogP contribution in [0.3, 0.4) is 0 Å². The van der Waals surface area contributed by atoms with Crippen LogP contribution in [0.25, 0.3) is 5.57 Å². The molecule has 0 amide bonds. The fourth-order valence-electron chi connectivity index (χ4n) is 2.30. The van der Waals surface area contributed by atoms with Gasteiger partial charge in [-0.3, -0.25) is 0 Å². The monoisotopic (exact) mass is 207 g/mol. The molecule has 0 unspecified atom stereocenters. The summed E-state index contributed by atoms with van der Waals surface area (Å²) in [7, 11) is 2.14. The van der Waals surface area contributed by atoms with Gasteiger partial charge in [-0.05, 0) is 29.4 Å². The molecule has 0 radical (unpaired) electrons. The minimum absolute atomic E-state index is 0.967. The highest BCUT2D eigenvalue weighted by atomic mass is 15.1. The van der Waals surface area contributed by atoms with Crippen LogP contribution in [0.1, 0.15) is 5.56 Å². The smallest absolute Gasteiger partial charge is 0.0446 e. The molecule has 0 atom stereocenters. The van der Waals surface area contributed by atoms with E-state index in [1.807, 2.05) is 6.08 Å². The van der Waals surface area contributed by atoms with Crippen LogP contribution in [0.15, 0.2) is 59.9 Å². The van der Waals surface area contributed by atoms with Crippen molar-refractivity contribution in [2.75, 3.05) is 18.5 Å². The maximum Gasteiger partial charge on any atom is 0.0446 e. The molecule has 0 aromatic heterocycles. The normalized spacial score (nSPS) is 17.2. The Labute approximate surface area is 95.7 Å². The van der Waals surface area contributed by atoms with Crippen LogP contribution < -0.4 is 4.90 Å². The molecule has 1 aromatic carbocycles. The van der Waals surface area contributed by atoms with E-state index in [-0.39, 0.29) is 0 Å². The van der Waals surface area contributed by atoms with Gasteiger partial charge in [-0.1, -0.05) is 30.4 Å². The van der Waals surface area contributed by atoms with E-state index < -0.39 is 0 Å². The van der Waals surface area contributed by atoms with Crippen molar-refractivity contribution in [3.05, 3.63) is 65.4 Å². The molecule has 0 N–H and O–H groups in total. The number of nitrogens with zero attached hydrogens (tertiary/aromatic N) is 1. The van der Waals surface area contributed by atoms with Crippen LogP contribution >= 0.6 is 0 Å². The highest BCUT2D eigenvalue weighted by molar-refractivity contribution is 5.88. The highest BCUT2D eigenvalue weighted by Gasteiger charge is 2.18. The van der Waals surface area contributed by atoms with Crippen molar-refractivity contribution in [3.63, 3.8) is 0 Å². The van der Waals surface area contributed by atoms with Gasteiger partial charge in [-0.15, -0.1) is 5.73 Å². The summed E-state index contributed by atoms with van der Waals surface area (Å²) < 4.78 is 0. The topological polar surface area (TPSA) is 3.24 Å². The molecule has 0 fully saturated rings. The Balaban J connectivity index is 2.27. The van der Waals surface area contributed by atoms with Crippen molar-refractivity contribution >= 4 is 11.3 Å². The number of benzene rings is 1. The van der Waals surface area contributed by atoms with E-state index in [1.54, 1.807) is 0 Å². The predicted molar refractivity (Wildman–Crippen MR) is 68.4 cm³/mol. The van der Waals surface area contributed by atoms with Crippen LogP contribution in [0.2, 0.25) is 0 Å². The largest absolute Gasteiger partial charge is 0.370 e. The first-order chi connectivity index (χ1) is 7.86. The quantitative estimate of drug-likeness (QED) is 0.591. The van der Waals surface area contributed by atoms with Gasteiger partial charge < -0.3 is 4.90 Å². The zero-order valence-electron chi connectivity index (χ0n) is 9.27. The average molecular weight is 207 g/mol. The molecule has 2 aliphatic rings. The van der Waals surface area contributed by atoms with Gasteiger partial charge in [-0.25, -0.2) is 0 Å². The van der Waals surface area contributed by atoms with Crippen LogP contribution in [-0.2, 0) is 0 Å². The van der Waals surface area contributed by atoms with E-state index in [0.29, 0.717) is 0 Å². The fraction of sp³-hybridized carbons (Fsp3) is 0.133. The molecule has 0 saturated carbocycles. The Morgan fingerprint density at radius 3 is 3.06 bits per heavy atom. The van der Waals surface area contributed by atoms with Gasteiger partial charge in [0.1, 0.15) is 0 Å². The van der Waals surface area contributed by atoms with Crippen molar-refractivity contribution < 1.29 is 0 Å². The zero-order chi connectivity index (χ0) is 11.0. The summed E-state index contributed by atoms with van der Waals surface area (Å²) >= 11 is 0. The fourth-order valence-corrected chi connectivity index (χ4v) is 2.30. The maximum atomic E-state index is 3.19. The summed E-state index contributed by atoms with van der Waals surface area (Å²) in [6.45, 7) is 0.967. The second-order valence-corrected chi connectivity index (χ2v) is 4.15. The lowest BCUT2D eigenvalue weighted by molar-refractivity contribution is 0.986. The first-order valence-electron chi connectivity index (χ1n) is 5.49. The number of likely N-dealkylation sites (N-methyl/N-ethyl adjacent to an activating group) is 1. The molecule has 1 aliphatic carbocycles. The average Bonchev–Trinajstić information content (AvgIpc) is 2.55. The third-order valence-electron chi connectivity index (χ3n) is 3.08. The second-order valence-electron chi connectivity index (χ2n) is 4.15. The molecule has 0 saturated heterocycles. The first-order valence-corrected chi connectivity index (χ1v) is 5.49. The van der Waals surface area contributed by atoms with Crippen molar-refractivity contribution in [1.82, 2.24) is 0 Å². The lowest BCUT2D eigenvalue weighted by Gasteiger charge is -2.29. The van der Waals surface area contributed by atoms with E-state index in [9.17, 15) is 0 Å². The molecule has 1 heteroatoms. The molecular formula is C15H13N. The number of anilines is 1. The number of hydrogen-bond donors (Lipinski definition) is 0. The van der Waals surface area contributed by atoms with Gasteiger partial charge in [-0.2, -0.15) is 0 Å². The van der Waals surface area contributed by atoms with E-state index >= 15 is 0 Å². The summed E-state index contributed by atoms with van der Waals surface area (Å²) in [6.07, 6.45) is 8.28. The number of para-hydroxylation sites is 1. The van der Waals surface area contributed by atoms with Gasteiger partial charge in [0.05, 0.1) is 0 Å². The molecule has 1 aliphatic heterocycles. The third kappa shape index (κ3) is 1.34. The van der Waals surface area contributed by atoms with Crippen molar-refractivity contribution in [3.8, 4) is 0 Å². The van der Waals surface area contributed by atoms with Crippen molar-refractivity contribution in [1.29, 1.82) is 0 Å². The minimum atomic E-state index is 0.967. The van der Waals surface area contributed by atoms with Gasteiger partial charge in [0.2, 0.25) is 0 Å². The van der Waals surface area contributed by atoms with Gasteiger partial charge in [0, 0.05) is 24.8 Å². The Morgan fingerprint density at radius 2 is 2.12 bits per heavy atom. The van der Waals surface area contributed by atoms with E-state index in [1.165, 1.54) is 22.4 Å². The minimum Gasteiger partial charge on any atom is -0.370 e. The molecule has 1 heterocycles. The van der Waals surface area contributed by atoms with Crippen molar-refractivity contribution in [2.45, 2.75) is 0 Å². The highest BCUT2D eigenvalue weighted by Crippen LogP contribution is 2.35. The van der Waals surface area contributed by atoms with E-state index in [2.05, 4.69) is 60.2 Å². The van der Waals surface area contributed by atoms with E-state index in [0.717, 1.165) is 6.54 Å². The number of allylic oxidation sites excluding steroid dienone is 3. The standard InChI is InChI=1S/C15H13N/c1-16-11-12-7-3-2-4-8-13(12)14-9-5-6-10-15(14)16/h2-3,5-10H,11H2,1H3. The lowest BCUT2D eigenvalue weighted by Crippen LogP contribution is -2.24. The first kappa shape index (κ1) is 9.26. The number of hydrogen-bond acceptors (Lipinski definition) is 1. The third-order valence-corrected chi connectivity index (χ3v) is 3.08. The molecule has 3 rings (SSSR count). The summed E-state index contributed by atoms with van der Waals surface area (Å²) in [5.74, 6) is 0. The lowest BCUT2D eigenvalue weighted by atomic mass is 9.94. The molecule has 78 valence electrons. The Morgan fingerprint density at radius 1 is 1.25 bits per heavy atom. The summed E-state index contributed by atoms with van der Waals surface area (Å²) in [5, 5.41) is 0. The number of rotatable bonds is 0. The van der Waals surface area contributed by atoms with Gasteiger partial charge in [0.25, 0.3) is 0 Å². The molecule has 16 heavy (non-hydrogen) atoms. The Kier molecular flexibility index (Phi) is 2.05. The SMILES string of the molecule is CN1CC2=C(C=C=CC=C2)c2ccccc21. The Hall–Kier alpha value is -1.98. The Bertz CT molecular complexity index is 555. The number of fused-ring (bicyclic) bond motifs is 2. The van der Waals surface area contributed by atoms with Crippen LogP contribution in [0, 0.1) is 0 Å². The summed E-state index contributed by atoms with van der Waals surface area (Å²) in [5.41, 5.74) is 8.46.